The van der Waals surface area contributed by atoms with Crippen molar-refractivity contribution in [2.75, 3.05) is 13.2 Å². The molecule has 0 atom stereocenters. The van der Waals surface area contributed by atoms with Gasteiger partial charge in [0.05, 0.1) is 6.61 Å². The van der Waals surface area contributed by atoms with Gasteiger partial charge in [-0.15, -0.1) is 0 Å². The molecule has 0 spiro atoms. The number of rotatable bonds is 4. The van der Waals surface area contributed by atoms with Crippen molar-refractivity contribution < 1.29 is 9.50 Å². The van der Waals surface area contributed by atoms with Crippen LogP contribution in [0, 0.1) is 19.7 Å². The van der Waals surface area contributed by atoms with E-state index < -0.39 is 0 Å². The van der Waals surface area contributed by atoms with E-state index in [1.54, 1.807) is 13.8 Å². The molecule has 0 amide bonds. The normalized spacial score (nSPS) is 10.6. The van der Waals surface area contributed by atoms with Crippen molar-refractivity contribution in [3.8, 4) is 0 Å². The van der Waals surface area contributed by atoms with Gasteiger partial charge in [-0.25, -0.2) is 4.39 Å². The maximum Gasteiger partial charge on any atom is 0.129 e. The van der Waals surface area contributed by atoms with Gasteiger partial charge >= 0.3 is 0 Å². The summed E-state index contributed by atoms with van der Waals surface area (Å²) in [4.78, 5) is 0. The highest BCUT2D eigenvalue weighted by atomic mass is 19.1. The molecule has 0 aromatic heterocycles. The summed E-state index contributed by atoms with van der Waals surface area (Å²) in [7, 11) is 0. The zero-order valence-corrected chi connectivity index (χ0v) is 8.60. The quantitative estimate of drug-likeness (QED) is 0.717. The number of halogens is 1. The standard InChI is InChI=1S/C11H16FNO/c1-8-5-10(7-13-3-4-14)6-9(2)11(8)12/h5-6,13-14H,3-4,7H2,1-2H3. The highest BCUT2D eigenvalue weighted by molar-refractivity contribution is 5.30. The smallest absolute Gasteiger partial charge is 0.129 e. The summed E-state index contributed by atoms with van der Waals surface area (Å²) in [5.74, 6) is -0.129. The number of benzene rings is 1. The molecule has 14 heavy (non-hydrogen) atoms. The van der Waals surface area contributed by atoms with Crippen LogP contribution in [-0.2, 0) is 6.54 Å². The fourth-order valence-corrected chi connectivity index (χ4v) is 1.45. The summed E-state index contributed by atoms with van der Waals surface area (Å²) in [5.41, 5.74) is 2.39. The number of aliphatic hydroxyl groups excluding tert-OH is 1. The molecule has 0 unspecified atom stereocenters. The second-order valence-electron chi connectivity index (χ2n) is 3.44. The van der Waals surface area contributed by atoms with Crippen LogP contribution in [0.5, 0.6) is 0 Å². The molecule has 0 fully saturated rings. The maximum atomic E-state index is 13.2. The van der Waals surface area contributed by atoms with Crippen molar-refractivity contribution in [2.45, 2.75) is 20.4 Å². The van der Waals surface area contributed by atoms with Crippen LogP contribution in [0.15, 0.2) is 12.1 Å². The first-order valence-corrected chi connectivity index (χ1v) is 4.72. The number of nitrogens with one attached hydrogen (secondary N) is 1. The molecule has 1 rings (SSSR count). The van der Waals surface area contributed by atoms with Gasteiger partial charge < -0.3 is 10.4 Å². The van der Waals surface area contributed by atoms with Crippen molar-refractivity contribution in [2.24, 2.45) is 0 Å². The second kappa shape index (κ2) is 5.08. The Kier molecular flexibility index (Phi) is 4.04. The van der Waals surface area contributed by atoms with Crippen molar-refractivity contribution in [3.63, 3.8) is 0 Å². The van der Waals surface area contributed by atoms with E-state index in [0.717, 1.165) is 5.56 Å². The van der Waals surface area contributed by atoms with Crippen LogP contribution >= 0.6 is 0 Å². The molecule has 2 N–H and O–H groups in total. The van der Waals surface area contributed by atoms with Gasteiger partial charge in [0.2, 0.25) is 0 Å². The Bertz CT molecular complexity index is 289. The fourth-order valence-electron chi connectivity index (χ4n) is 1.45. The molecule has 0 aliphatic rings. The minimum Gasteiger partial charge on any atom is -0.395 e. The van der Waals surface area contributed by atoms with E-state index in [9.17, 15) is 4.39 Å². The van der Waals surface area contributed by atoms with E-state index in [1.807, 2.05) is 12.1 Å². The van der Waals surface area contributed by atoms with Crippen LogP contribution in [0.25, 0.3) is 0 Å². The molecule has 3 heteroatoms. The van der Waals surface area contributed by atoms with Crippen LogP contribution in [-0.4, -0.2) is 18.3 Å². The summed E-state index contributed by atoms with van der Waals surface area (Å²) in [5, 5.41) is 11.6. The van der Waals surface area contributed by atoms with Crippen molar-refractivity contribution in [1.29, 1.82) is 0 Å². The molecular weight excluding hydrogens is 181 g/mol. The lowest BCUT2D eigenvalue weighted by atomic mass is 10.1. The Morgan fingerprint density at radius 2 is 1.86 bits per heavy atom. The SMILES string of the molecule is Cc1cc(CNCCO)cc(C)c1F. The van der Waals surface area contributed by atoms with E-state index in [1.165, 1.54) is 0 Å². The lowest BCUT2D eigenvalue weighted by Crippen LogP contribution is -2.17. The summed E-state index contributed by atoms with van der Waals surface area (Å²) in [6, 6.07) is 3.65. The third kappa shape index (κ3) is 2.79. The number of aryl methyl sites for hydroxylation is 2. The molecule has 0 bridgehead atoms. The molecular formula is C11H16FNO. The highest BCUT2D eigenvalue weighted by Gasteiger charge is 2.03. The Balaban J connectivity index is 2.69. The van der Waals surface area contributed by atoms with Gasteiger partial charge in [0.1, 0.15) is 5.82 Å². The van der Waals surface area contributed by atoms with Crippen molar-refractivity contribution in [1.82, 2.24) is 5.32 Å². The topological polar surface area (TPSA) is 32.3 Å². The van der Waals surface area contributed by atoms with Crippen LogP contribution in [0.2, 0.25) is 0 Å². The summed E-state index contributed by atoms with van der Waals surface area (Å²) in [6.07, 6.45) is 0. The lowest BCUT2D eigenvalue weighted by molar-refractivity contribution is 0.292. The molecule has 1 aromatic rings. The Morgan fingerprint density at radius 3 is 2.36 bits per heavy atom. The lowest BCUT2D eigenvalue weighted by Gasteiger charge is -2.07. The number of aliphatic hydroxyl groups is 1. The van der Waals surface area contributed by atoms with Crippen LogP contribution < -0.4 is 5.32 Å². The Morgan fingerprint density at radius 1 is 1.29 bits per heavy atom. The van der Waals surface area contributed by atoms with Gasteiger partial charge in [-0.1, -0.05) is 12.1 Å². The Labute approximate surface area is 83.8 Å². The van der Waals surface area contributed by atoms with Crippen LogP contribution in [0.3, 0.4) is 0 Å². The second-order valence-corrected chi connectivity index (χ2v) is 3.44. The monoisotopic (exact) mass is 197 g/mol. The van der Waals surface area contributed by atoms with Gasteiger partial charge in [-0.2, -0.15) is 0 Å². The molecule has 0 saturated heterocycles. The maximum absolute atomic E-state index is 13.2. The summed E-state index contributed by atoms with van der Waals surface area (Å²) >= 11 is 0. The summed E-state index contributed by atoms with van der Waals surface area (Å²) < 4.78 is 13.2. The predicted octanol–water partition coefficient (Wildman–Crippen LogP) is 1.52. The fraction of sp³-hybridized carbons (Fsp3) is 0.455. The first-order valence-electron chi connectivity index (χ1n) is 4.72. The average molecular weight is 197 g/mol. The van der Waals surface area contributed by atoms with Crippen LogP contribution in [0.4, 0.5) is 4.39 Å². The molecule has 0 aliphatic carbocycles. The number of hydrogen-bond donors (Lipinski definition) is 2. The molecule has 0 saturated carbocycles. The van der Waals surface area contributed by atoms with E-state index >= 15 is 0 Å². The molecule has 0 aliphatic heterocycles. The van der Waals surface area contributed by atoms with Gasteiger partial charge in [-0.3, -0.25) is 0 Å². The van der Waals surface area contributed by atoms with E-state index in [-0.39, 0.29) is 12.4 Å². The predicted molar refractivity (Wildman–Crippen MR) is 54.7 cm³/mol. The van der Waals surface area contributed by atoms with Crippen molar-refractivity contribution in [3.05, 3.63) is 34.6 Å². The minimum absolute atomic E-state index is 0.124. The van der Waals surface area contributed by atoms with E-state index in [4.69, 9.17) is 5.11 Å². The van der Waals surface area contributed by atoms with Crippen molar-refractivity contribution >= 4 is 0 Å². The largest absolute Gasteiger partial charge is 0.395 e. The van der Waals surface area contributed by atoms with E-state index in [0.29, 0.717) is 24.2 Å². The Hall–Kier alpha value is -0.930. The van der Waals surface area contributed by atoms with Gasteiger partial charge in [0.25, 0.3) is 0 Å². The van der Waals surface area contributed by atoms with Gasteiger partial charge in [0, 0.05) is 13.1 Å². The average Bonchev–Trinajstić information content (AvgIpc) is 2.14. The molecule has 2 nitrogen and oxygen atoms in total. The first-order chi connectivity index (χ1) is 6.65. The van der Waals surface area contributed by atoms with Crippen LogP contribution in [0.1, 0.15) is 16.7 Å². The first kappa shape index (κ1) is 11.1. The third-order valence-electron chi connectivity index (χ3n) is 2.11. The summed E-state index contributed by atoms with van der Waals surface area (Å²) in [6.45, 7) is 4.88. The van der Waals surface area contributed by atoms with E-state index in [2.05, 4.69) is 5.32 Å². The van der Waals surface area contributed by atoms with Gasteiger partial charge in [0.15, 0.2) is 0 Å². The molecule has 1 aromatic carbocycles. The molecule has 78 valence electrons. The highest BCUT2D eigenvalue weighted by Crippen LogP contribution is 2.14. The molecule has 0 heterocycles. The number of hydrogen-bond acceptors (Lipinski definition) is 2. The zero-order chi connectivity index (χ0) is 10.6. The zero-order valence-electron chi connectivity index (χ0n) is 8.60. The minimum atomic E-state index is -0.129. The van der Waals surface area contributed by atoms with Gasteiger partial charge in [-0.05, 0) is 30.5 Å². The molecule has 0 radical (unpaired) electrons. The third-order valence-corrected chi connectivity index (χ3v) is 2.11.